The molecule has 234 valence electrons. The third kappa shape index (κ3) is 8.05. The molecule has 8 nitrogen and oxygen atoms in total. The monoisotopic (exact) mass is 650 g/mol. The van der Waals surface area contributed by atoms with E-state index in [1.807, 2.05) is 25.1 Å². The van der Waals surface area contributed by atoms with Crippen LogP contribution in [0.3, 0.4) is 0 Å². The fourth-order valence-electron chi connectivity index (χ4n) is 5.14. The zero-order chi connectivity index (χ0) is 32.5. The molecule has 0 aliphatic heterocycles. The van der Waals surface area contributed by atoms with E-state index in [1.54, 1.807) is 73.8 Å². The topological polar surface area (TPSA) is 120 Å². The number of nitrogens with one attached hydrogen (secondary N) is 3. The van der Waals surface area contributed by atoms with Crippen LogP contribution in [0.2, 0.25) is 0 Å². The Labute approximate surface area is 276 Å². The summed E-state index contributed by atoms with van der Waals surface area (Å²) in [6, 6.07) is 25.4. The number of rotatable bonds is 11. The Morgan fingerprint density at radius 1 is 1.00 bits per heavy atom. The number of hydrogen-bond donors (Lipinski definition) is 3. The molecule has 1 aromatic heterocycles. The Bertz CT molecular complexity index is 1810. The molecule has 3 amide bonds. The van der Waals surface area contributed by atoms with Crippen LogP contribution in [-0.2, 0) is 22.4 Å². The van der Waals surface area contributed by atoms with E-state index in [2.05, 4.69) is 22.0 Å². The first-order valence-corrected chi connectivity index (χ1v) is 16.7. The summed E-state index contributed by atoms with van der Waals surface area (Å²) in [6.45, 7) is 1.94. The first kappa shape index (κ1) is 32.5. The van der Waals surface area contributed by atoms with Crippen molar-refractivity contribution in [3.8, 4) is 11.8 Å². The van der Waals surface area contributed by atoms with Gasteiger partial charge in [-0.1, -0.05) is 43.3 Å². The zero-order valence-corrected chi connectivity index (χ0v) is 27.2. The molecule has 0 spiro atoms. The van der Waals surface area contributed by atoms with E-state index in [9.17, 15) is 19.6 Å². The molecule has 1 atom stereocenters. The van der Waals surface area contributed by atoms with Gasteiger partial charge in [-0.25, -0.2) is 0 Å². The number of anilines is 2. The molecule has 0 saturated heterocycles. The first-order valence-electron chi connectivity index (χ1n) is 15.0. The predicted molar refractivity (Wildman–Crippen MR) is 184 cm³/mol. The predicted octanol–water partition coefficient (Wildman–Crippen LogP) is 7.43. The van der Waals surface area contributed by atoms with E-state index >= 15 is 0 Å². The maximum atomic E-state index is 13.6. The van der Waals surface area contributed by atoms with Crippen molar-refractivity contribution < 1.29 is 19.1 Å². The molecule has 1 unspecified atom stereocenters. The summed E-state index contributed by atoms with van der Waals surface area (Å²) < 4.78 is 5.32. The summed E-state index contributed by atoms with van der Waals surface area (Å²) in [5, 5.41) is 18.7. The number of benzene rings is 3. The molecule has 0 bridgehead atoms. The lowest BCUT2D eigenvalue weighted by Gasteiger charge is -2.16. The number of nitrogens with zero attached hydrogens (tertiary/aromatic N) is 1. The van der Waals surface area contributed by atoms with Gasteiger partial charge >= 0.3 is 0 Å². The third-order valence-electron chi connectivity index (χ3n) is 7.49. The van der Waals surface area contributed by atoms with Gasteiger partial charge in [-0.15, -0.1) is 23.1 Å². The Balaban J connectivity index is 1.31. The second-order valence-electron chi connectivity index (χ2n) is 10.7. The lowest BCUT2D eigenvalue weighted by molar-refractivity contribution is -0.116. The molecule has 3 aromatic carbocycles. The first-order chi connectivity index (χ1) is 22.4. The van der Waals surface area contributed by atoms with Gasteiger partial charge < -0.3 is 20.7 Å². The van der Waals surface area contributed by atoms with Crippen molar-refractivity contribution in [2.45, 2.75) is 49.2 Å². The standard InChI is InChI=1S/C36H34N4O4S2/c1-3-31(35(43)40-36-29(22-37)28-17-7-8-18-32(28)46-36)45-27-16-10-14-25(21-27)38-34(42)30(20-23-11-9-15-26(19-23)44-2)39-33(41)24-12-5-4-6-13-24/h4-6,9-16,19-21,31H,3,7-8,17-18H2,1-2H3,(H,38,42)(H,39,41)(H,40,43)/b30-20-. The van der Waals surface area contributed by atoms with Crippen LogP contribution in [0.15, 0.2) is 89.5 Å². The van der Waals surface area contributed by atoms with Crippen LogP contribution in [0, 0.1) is 11.3 Å². The van der Waals surface area contributed by atoms with Crippen LogP contribution in [0.4, 0.5) is 10.7 Å². The number of aryl methyl sites for hydroxylation is 1. The van der Waals surface area contributed by atoms with Crippen molar-refractivity contribution >= 4 is 57.6 Å². The Morgan fingerprint density at radius 3 is 2.54 bits per heavy atom. The van der Waals surface area contributed by atoms with E-state index < -0.39 is 17.1 Å². The fraction of sp³-hybridized carbons (Fsp3) is 0.222. The van der Waals surface area contributed by atoms with Gasteiger partial charge in [-0.3, -0.25) is 14.4 Å². The number of carbonyl (C=O) groups is 3. The van der Waals surface area contributed by atoms with Gasteiger partial charge in [0.05, 0.1) is 17.9 Å². The molecule has 3 N–H and O–H groups in total. The fourth-order valence-corrected chi connectivity index (χ4v) is 7.39. The summed E-state index contributed by atoms with van der Waals surface area (Å²) in [6.07, 6.45) is 6.14. The van der Waals surface area contributed by atoms with Gasteiger partial charge in [-0.2, -0.15) is 5.26 Å². The number of methoxy groups -OCH3 is 1. The van der Waals surface area contributed by atoms with E-state index in [0.717, 1.165) is 36.1 Å². The van der Waals surface area contributed by atoms with Gasteiger partial charge in [0, 0.05) is 21.0 Å². The van der Waals surface area contributed by atoms with Crippen LogP contribution in [0.5, 0.6) is 5.75 Å². The minimum atomic E-state index is -0.510. The number of fused-ring (bicyclic) bond motifs is 1. The molecule has 46 heavy (non-hydrogen) atoms. The van der Waals surface area contributed by atoms with Crippen molar-refractivity contribution in [2.24, 2.45) is 0 Å². The lowest BCUT2D eigenvalue weighted by Crippen LogP contribution is -2.30. The van der Waals surface area contributed by atoms with Crippen LogP contribution < -0.4 is 20.7 Å². The van der Waals surface area contributed by atoms with Gasteiger partial charge in [0.25, 0.3) is 11.8 Å². The summed E-state index contributed by atoms with van der Waals surface area (Å²) in [5.41, 5.74) is 3.32. The number of thiophene rings is 1. The van der Waals surface area contributed by atoms with Gasteiger partial charge in [-0.05, 0) is 91.8 Å². The third-order valence-corrected chi connectivity index (χ3v) is 10.1. The number of thioether (sulfide) groups is 1. The van der Waals surface area contributed by atoms with Gasteiger partial charge in [0.15, 0.2) is 0 Å². The molecule has 4 aromatic rings. The summed E-state index contributed by atoms with van der Waals surface area (Å²) in [5.74, 6) is -0.476. The summed E-state index contributed by atoms with van der Waals surface area (Å²) in [4.78, 5) is 41.9. The average Bonchev–Trinajstić information content (AvgIpc) is 3.44. The van der Waals surface area contributed by atoms with Crippen LogP contribution >= 0.6 is 23.1 Å². The van der Waals surface area contributed by atoms with Crippen LogP contribution in [0.25, 0.3) is 6.08 Å². The number of amides is 3. The van der Waals surface area contributed by atoms with Crippen molar-refractivity contribution in [3.63, 3.8) is 0 Å². The number of ether oxygens (including phenoxy) is 1. The molecular formula is C36H34N4O4S2. The molecule has 1 heterocycles. The zero-order valence-electron chi connectivity index (χ0n) is 25.6. The summed E-state index contributed by atoms with van der Waals surface area (Å²) >= 11 is 2.90. The van der Waals surface area contributed by atoms with Crippen molar-refractivity contribution in [1.82, 2.24) is 5.32 Å². The molecule has 0 fully saturated rings. The van der Waals surface area contributed by atoms with Crippen molar-refractivity contribution in [2.75, 3.05) is 17.7 Å². The smallest absolute Gasteiger partial charge is 0.272 e. The van der Waals surface area contributed by atoms with Gasteiger partial charge in [0.1, 0.15) is 22.5 Å². The number of hydrogen-bond acceptors (Lipinski definition) is 7. The van der Waals surface area contributed by atoms with Crippen LogP contribution in [-0.4, -0.2) is 30.1 Å². The molecule has 5 rings (SSSR count). The van der Waals surface area contributed by atoms with E-state index in [1.165, 1.54) is 28.0 Å². The van der Waals surface area contributed by atoms with Gasteiger partial charge in [0.2, 0.25) is 5.91 Å². The largest absolute Gasteiger partial charge is 0.497 e. The molecule has 0 saturated carbocycles. The van der Waals surface area contributed by atoms with Crippen molar-refractivity contribution in [1.29, 1.82) is 5.26 Å². The number of carbonyl (C=O) groups excluding carboxylic acids is 3. The Morgan fingerprint density at radius 2 is 1.78 bits per heavy atom. The quantitative estimate of drug-likeness (QED) is 0.115. The van der Waals surface area contributed by atoms with Crippen molar-refractivity contribution in [3.05, 3.63) is 112 Å². The molecular weight excluding hydrogens is 617 g/mol. The normalized spacial score (nSPS) is 13.1. The summed E-state index contributed by atoms with van der Waals surface area (Å²) in [7, 11) is 1.56. The van der Waals surface area contributed by atoms with E-state index in [0.29, 0.717) is 39.5 Å². The highest BCUT2D eigenvalue weighted by Gasteiger charge is 2.25. The second kappa shape index (κ2) is 15.4. The highest BCUT2D eigenvalue weighted by atomic mass is 32.2. The average molecular weight is 651 g/mol. The Kier molecular flexibility index (Phi) is 10.9. The Hall–Kier alpha value is -4.85. The van der Waals surface area contributed by atoms with E-state index in [4.69, 9.17) is 4.74 Å². The van der Waals surface area contributed by atoms with Crippen LogP contribution in [0.1, 0.15) is 58.1 Å². The minimum absolute atomic E-state index is 0.0536. The molecule has 1 aliphatic carbocycles. The second-order valence-corrected chi connectivity index (χ2v) is 13.0. The highest BCUT2D eigenvalue weighted by Crippen LogP contribution is 2.38. The maximum absolute atomic E-state index is 13.6. The molecule has 1 aliphatic rings. The molecule has 0 radical (unpaired) electrons. The minimum Gasteiger partial charge on any atom is -0.497 e. The lowest BCUT2D eigenvalue weighted by atomic mass is 9.96. The maximum Gasteiger partial charge on any atom is 0.272 e. The SMILES string of the molecule is CCC(Sc1cccc(NC(=O)/C(=C/c2cccc(OC)c2)NC(=O)c2ccccc2)c1)C(=O)Nc1sc2c(c1C#N)CCCC2. The van der Waals surface area contributed by atoms with E-state index in [-0.39, 0.29) is 11.6 Å². The highest BCUT2D eigenvalue weighted by molar-refractivity contribution is 8.00. The molecule has 10 heteroatoms. The number of nitriles is 1.